The number of anilines is 1. The molecule has 0 fully saturated rings. The van der Waals surface area contributed by atoms with E-state index in [1.807, 2.05) is 62.4 Å². The van der Waals surface area contributed by atoms with Crippen LogP contribution in [-0.4, -0.2) is 24.9 Å². The molecule has 0 heterocycles. The van der Waals surface area contributed by atoms with Gasteiger partial charge in [0, 0.05) is 16.2 Å². The summed E-state index contributed by atoms with van der Waals surface area (Å²) >= 11 is 3.38. The van der Waals surface area contributed by atoms with Gasteiger partial charge in [-0.2, -0.15) is 0 Å². The summed E-state index contributed by atoms with van der Waals surface area (Å²) in [4.78, 5) is 23.8. The van der Waals surface area contributed by atoms with Gasteiger partial charge in [-0.25, -0.2) is 0 Å². The quantitative estimate of drug-likeness (QED) is 0.664. The van der Waals surface area contributed by atoms with Gasteiger partial charge in [-0.1, -0.05) is 46.3 Å². The number of amides is 2. The minimum absolute atomic E-state index is 0.0598. The van der Waals surface area contributed by atoms with Crippen molar-refractivity contribution in [1.82, 2.24) is 10.6 Å². The Morgan fingerprint density at radius 2 is 1.76 bits per heavy atom. The van der Waals surface area contributed by atoms with Gasteiger partial charge in [0.25, 0.3) is 0 Å². The van der Waals surface area contributed by atoms with Gasteiger partial charge in [0.05, 0.1) is 13.1 Å². The van der Waals surface area contributed by atoms with E-state index in [1.54, 1.807) is 0 Å². The average Bonchev–Trinajstić information content (AvgIpc) is 2.61. The molecule has 25 heavy (non-hydrogen) atoms. The molecule has 0 unspecified atom stereocenters. The average molecular weight is 404 g/mol. The molecule has 6 heteroatoms. The fourth-order valence-corrected chi connectivity index (χ4v) is 2.78. The third-order valence-electron chi connectivity index (χ3n) is 3.78. The minimum Gasteiger partial charge on any atom is -0.346 e. The van der Waals surface area contributed by atoms with Crippen LogP contribution in [0.15, 0.2) is 53.0 Å². The lowest BCUT2D eigenvalue weighted by Gasteiger charge is -2.14. The summed E-state index contributed by atoms with van der Waals surface area (Å²) in [6, 6.07) is 15.5. The predicted molar refractivity (Wildman–Crippen MR) is 103 cm³/mol. The van der Waals surface area contributed by atoms with Crippen LogP contribution in [0.3, 0.4) is 0 Å². The summed E-state index contributed by atoms with van der Waals surface area (Å²) in [6.07, 6.45) is 0. The monoisotopic (exact) mass is 403 g/mol. The van der Waals surface area contributed by atoms with Gasteiger partial charge in [-0.05, 0) is 43.2 Å². The van der Waals surface area contributed by atoms with Crippen LogP contribution in [-0.2, 0) is 9.59 Å². The van der Waals surface area contributed by atoms with E-state index in [4.69, 9.17) is 0 Å². The van der Waals surface area contributed by atoms with Crippen LogP contribution in [0.4, 0.5) is 5.69 Å². The number of carbonyl (C=O) groups excluding carboxylic acids is 2. The van der Waals surface area contributed by atoms with Gasteiger partial charge >= 0.3 is 0 Å². The molecule has 0 bridgehead atoms. The molecule has 0 saturated heterocycles. The molecule has 0 aliphatic heterocycles. The Morgan fingerprint density at radius 1 is 1.04 bits per heavy atom. The molecule has 0 aromatic heterocycles. The molecule has 132 valence electrons. The first kappa shape index (κ1) is 19.1. The van der Waals surface area contributed by atoms with Crippen LogP contribution >= 0.6 is 15.9 Å². The zero-order chi connectivity index (χ0) is 18.2. The van der Waals surface area contributed by atoms with Crippen molar-refractivity contribution in [3.8, 4) is 0 Å². The Labute approximate surface area is 156 Å². The van der Waals surface area contributed by atoms with Gasteiger partial charge in [-0.15, -0.1) is 0 Å². The van der Waals surface area contributed by atoms with Crippen molar-refractivity contribution in [2.24, 2.45) is 0 Å². The van der Waals surface area contributed by atoms with Crippen LogP contribution in [0.2, 0.25) is 0 Å². The van der Waals surface area contributed by atoms with Crippen molar-refractivity contribution >= 4 is 33.4 Å². The minimum atomic E-state index is -0.255. The maximum absolute atomic E-state index is 12.0. The Balaban J connectivity index is 1.73. The lowest BCUT2D eigenvalue weighted by Crippen LogP contribution is -2.39. The molecule has 0 spiro atoms. The maximum Gasteiger partial charge on any atom is 0.243 e. The highest BCUT2D eigenvalue weighted by Crippen LogP contribution is 2.19. The van der Waals surface area contributed by atoms with Crippen molar-refractivity contribution in [3.63, 3.8) is 0 Å². The third kappa shape index (κ3) is 6.32. The molecule has 0 aliphatic carbocycles. The number of aryl methyl sites for hydroxylation is 1. The van der Waals surface area contributed by atoms with Gasteiger partial charge in [0.15, 0.2) is 0 Å². The zero-order valence-corrected chi connectivity index (χ0v) is 15.9. The number of nitrogens with one attached hydrogen (secondary N) is 3. The Hall–Kier alpha value is -2.18. The Morgan fingerprint density at radius 3 is 2.44 bits per heavy atom. The highest BCUT2D eigenvalue weighted by Gasteiger charge is 2.10. The standard InChI is InChI=1S/C19H22BrN3O2/c1-13-10-16(20)8-9-17(13)23-19(25)12-22-18(24)11-21-14(2)15-6-4-3-5-7-15/h3-10,14,21H,11-12H2,1-2H3,(H,22,24)(H,23,25)/t14-/m0/s1. The molecule has 1 atom stereocenters. The second-order valence-corrected chi connectivity index (χ2v) is 6.71. The first-order valence-electron chi connectivity index (χ1n) is 8.06. The molecule has 3 N–H and O–H groups in total. The Kier molecular flexibility index (Phi) is 7.16. The molecular weight excluding hydrogens is 382 g/mol. The van der Waals surface area contributed by atoms with E-state index in [9.17, 15) is 9.59 Å². The fourth-order valence-electron chi connectivity index (χ4n) is 2.31. The number of hydrogen-bond acceptors (Lipinski definition) is 3. The molecule has 0 radical (unpaired) electrons. The number of carbonyl (C=O) groups is 2. The molecular formula is C19H22BrN3O2. The van der Waals surface area contributed by atoms with Gasteiger partial charge < -0.3 is 16.0 Å². The van der Waals surface area contributed by atoms with E-state index < -0.39 is 0 Å². The molecule has 2 rings (SSSR count). The van der Waals surface area contributed by atoms with Crippen molar-refractivity contribution in [2.75, 3.05) is 18.4 Å². The number of hydrogen-bond donors (Lipinski definition) is 3. The normalized spacial score (nSPS) is 11.6. The first-order valence-corrected chi connectivity index (χ1v) is 8.86. The van der Waals surface area contributed by atoms with Gasteiger partial charge in [0.1, 0.15) is 0 Å². The SMILES string of the molecule is Cc1cc(Br)ccc1NC(=O)CNC(=O)CN[C@@H](C)c1ccccc1. The van der Waals surface area contributed by atoms with Crippen molar-refractivity contribution in [1.29, 1.82) is 0 Å². The van der Waals surface area contributed by atoms with Crippen LogP contribution in [0.25, 0.3) is 0 Å². The third-order valence-corrected chi connectivity index (χ3v) is 4.27. The predicted octanol–water partition coefficient (Wildman–Crippen LogP) is 3.16. The number of rotatable bonds is 7. The summed E-state index contributed by atoms with van der Waals surface area (Å²) in [7, 11) is 0. The van der Waals surface area contributed by atoms with E-state index in [2.05, 4.69) is 31.9 Å². The first-order chi connectivity index (χ1) is 12.0. The number of halogens is 1. The van der Waals surface area contributed by atoms with Crippen LogP contribution in [0.1, 0.15) is 24.1 Å². The van der Waals surface area contributed by atoms with E-state index in [0.717, 1.165) is 21.3 Å². The molecule has 5 nitrogen and oxygen atoms in total. The number of benzene rings is 2. The van der Waals surface area contributed by atoms with E-state index >= 15 is 0 Å². The second-order valence-electron chi connectivity index (χ2n) is 5.80. The summed E-state index contributed by atoms with van der Waals surface area (Å²) < 4.78 is 0.954. The van der Waals surface area contributed by atoms with E-state index in [0.29, 0.717) is 0 Å². The van der Waals surface area contributed by atoms with E-state index in [-0.39, 0.29) is 30.9 Å². The summed E-state index contributed by atoms with van der Waals surface area (Å²) in [5.74, 6) is -0.472. The lowest BCUT2D eigenvalue weighted by atomic mass is 10.1. The van der Waals surface area contributed by atoms with Gasteiger partial charge in [-0.3, -0.25) is 9.59 Å². The summed E-state index contributed by atoms with van der Waals surface area (Å²) in [5.41, 5.74) is 2.80. The molecule has 2 aromatic rings. The lowest BCUT2D eigenvalue weighted by molar-refractivity contribution is -0.123. The summed E-state index contributed by atoms with van der Waals surface area (Å²) in [6.45, 7) is 4.00. The zero-order valence-electron chi connectivity index (χ0n) is 14.3. The molecule has 0 saturated carbocycles. The smallest absolute Gasteiger partial charge is 0.243 e. The van der Waals surface area contributed by atoms with E-state index in [1.165, 1.54) is 0 Å². The highest BCUT2D eigenvalue weighted by molar-refractivity contribution is 9.10. The summed E-state index contributed by atoms with van der Waals surface area (Å²) in [5, 5.41) is 8.54. The largest absolute Gasteiger partial charge is 0.346 e. The maximum atomic E-state index is 12.0. The topological polar surface area (TPSA) is 70.2 Å². The molecule has 2 aromatic carbocycles. The second kappa shape index (κ2) is 9.34. The van der Waals surface area contributed by atoms with Gasteiger partial charge in [0.2, 0.25) is 11.8 Å². The van der Waals surface area contributed by atoms with Crippen LogP contribution < -0.4 is 16.0 Å². The fraction of sp³-hybridized carbons (Fsp3) is 0.263. The Bertz CT molecular complexity index is 735. The van der Waals surface area contributed by atoms with Crippen LogP contribution in [0, 0.1) is 6.92 Å². The van der Waals surface area contributed by atoms with Crippen molar-refractivity contribution < 1.29 is 9.59 Å². The highest BCUT2D eigenvalue weighted by atomic mass is 79.9. The van der Waals surface area contributed by atoms with Crippen molar-refractivity contribution in [2.45, 2.75) is 19.9 Å². The molecule has 2 amide bonds. The van der Waals surface area contributed by atoms with Crippen molar-refractivity contribution in [3.05, 3.63) is 64.1 Å². The van der Waals surface area contributed by atoms with Crippen LogP contribution in [0.5, 0.6) is 0 Å². The molecule has 0 aliphatic rings.